The summed E-state index contributed by atoms with van der Waals surface area (Å²) in [6.07, 6.45) is -1.54. The molecule has 6 heteroatoms. The van der Waals surface area contributed by atoms with Crippen LogP contribution in [0.25, 0.3) is 0 Å². The van der Waals surface area contributed by atoms with Crippen LogP contribution in [-0.4, -0.2) is 37.8 Å². The molecule has 118 valence electrons. The second-order valence-electron chi connectivity index (χ2n) is 5.85. The quantitative estimate of drug-likeness (QED) is 0.676. The summed E-state index contributed by atoms with van der Waals surface area (Å²) in [5.41, 5.74) is 3.88. The van der Waals surface area contributed by atoms with Crippen LogP contribution in [-0.2, 0) is 0 Å². The van der Waals surface area contributed by atoms with Gasteiger partial charge in [-0.1, -0.05) is 13.8 Å². The molecule has 0 amide bonds. The van der Waals surface area contributed by atoms with E-state index < -0.39 is 11.6 Å². The standard InChI is InChI=1S/C14H26F3N3/c1-4-19-8-5-11(2)9-20(3)10-12(18)13(6-7-13)14(15,16)17/h10-11,19H,4-9,18H2,1-3H3/b12-10-. The van der Waals surface area contributed by atoms with Crippen molar-refractivity contribution in [1.29, 1.82) is 0 Å². The summed E-state index contributed by atoms with van der Waals surface area (Å²) in [7, 11) is 1.78. The van der Waals surface area contributed by atoms with Gasteiger partial charge in [-0.3, -0.25) is 0 Å². The van der Waals surface area contributed by atoms with Crippen molar-refractivity contribution >= 4 is 0 Å². The van der Waals surface area contributed by atoms with Gasteiger partial charge in [-0.2, -0.15) is 13.2 Å². The molecule has 0 aliphatic heterocycles. The molecule has 1 saturated carbocycles. The minimum atomic E-state index is -4.23. The lowest BCUT2D eigenvalue weighted by atomic mass is 10.0. The highest BCUT2D eigenvalue weighted by atomic mass is 19.4. The number of hydrogen-bond donors (Lipinski definition) is 2. The molecule has 3 N–H and O–H groups in total. The molecule has 1 unspecified atom stereocenters. The molecule has 0 aromatic rings. The van der Waals surface area contributed by atoms with E-state index in [1.165, 1.54) is 6.20 Å². The largest absolute Gasteiger partial charge is 0.400 e. The van der Waals surface area contributed by atoms with E-state index in [1.54, 1.807) is 11.9 Å². The van der Waals surface area contributed by atoms with Crippen molar-refractivity contribution in [3.8, 4) is 0 Å². The van der Waals surface area contributed by atoms with E-state index in [2.05, 4.69) is 12.2 Å². The number of halogens is 3. The molecule has 1 atom stereocenters. The van der Waals surface area contributed by atoms with E-state index in [0.717, 1.165) is 19.5 Å². The number of alkyl halides is 3. The Morgan fingerprint density at radius 1 is 1.45 bits per heavy atom. The van der Waals surface area contributed by atoms with E-state index in [9.17, 15) is 13.2 Å². The van der Waals surface area contributed by atoms with Crippen LogP contribution >= 0.6 is 0 Å². The molecule has 0 aromatic carbocycles. The first kappa shape index (κ1) is 17.1. The molecule has 3 nitrogen and oxygen atoms in total. The van der Waals surface area contributed by atoms with Gasteiger partial charge in [0, 0.05) is 25.5 Å². The van der Waals surface area contributed by atoms with Crippen molar-refractivity contribution < 1.29 is 13.2 Å². The average Bonchev–Trinajstić information content (AvgIpc) is 3.08. The molecule has 0 aromatic heterocycles. The Bertz CT molecular complexity index is 335. The summed E-state index contributed by atoms with van der Waals surface area (Å²) in [6, 6.07) is 0. The molecule has 0 radical (unpaired) electrons. The molecule has 1 aliphatic carbocycles. The molecular weight excluding hydrogens is 267 g/mol. The van der Waals surface area contributed by atoms with Gasteiger partial charge in [-0.15, -0.1) is 0 Å². The van der Waals surface area contributed by atoms with Crippen LogP contribution in [0, 0.1) is 11.3 Å². The fourth-order valence-corrected chi connectivity index (χ4v) is 2.38. The predicted molar refractivity (Wildman–Crippen MR) is 74.9 cm³/mol. The van der Waals surface area contributed by atoms with E-state index in [4.69, 9.17) is 5.73 Å². The summed E-state index contributed by atoms with van der Waals surface area (Å²) in [5, 5.41) is 3.24. The zero-order valence-electron chi connectivity index (χ0n) is 12.6. The van der Waals surface area contributed by atoms with Crippen LogP contribution in [0.1, 0.15) is 33.1 Å². The van der Waals surface area contributed by atoms with Gasteiger partial charge in [0.15, 0.2) is 0 Å². The molecule has 1 rings (SSSR count). The number of nitrogens with zero attached hydrogens (tertiary/aromatic N) is 1. The zero-order valence-corrected chi connectivity index (χ0v) is 12.6. The minimum absolute atomic E-state index is 0.0496. The molecule has 20 heavy (non-hydrogen) atoms. The Morgan fingerprint density at radius 3 is 2.50 bits per heavy atom. The average molecular weight is 293 g/mol. The first-order valence-corrected chi connectivity index (χ1v) is 7.18. The molecule has 0 saturated heterocycles. The second-order valence-corrected chi connectivity index (χ2v) is 5.85. The molecule has 0 spiro atoms. The van der Waals surface area contributed by atoms with E-state index in [-0.39, 0.29) is 18.5 Å². The van der Waals surface area contributed by atoms with E-state index >= 15 is 0 Å². The summed E-state index contributed by atoms with van der Waals surface area (Å²) in [6.45, 7) is 6.71. The van der Waals surface area contributed by atoms with E-state index in [0.29, 0.717) is 12.5 Å². The maximum Gasteiger partial charge on any atom is 0.399 e. The molecule has 0 bridgehead atoms. The number of nitrogens with one attached hydrogen (secondary N) is 1. The van der Waals surface area contributed by atoms with Gasteiger partial charge in [0.25, 0.3) is 0 Å². The number of hydrogen-bond acceptors (Lipinski definition) is 3. The lowest BCUT2D eigenvalue weighted by Gasteiger charge is -2.24. The Morgan fingerprint density at radius 2 is 2.05 bits per heavy atom. The summed E-state index contributed by atoms with van der Waals surface area (Å²) in [4.78, 5) is 1.78. The summed E-state index contributed by atoms with van der Waals surface area (Å²) in [5.74, 6) is 0.407. The number of rotatable bonds is 8. The monoisotopic (exact) mass is 293 g/mol. The van der Waals surface area contributed by atoms with Gasteiger partial charge in [0.05, 0.1) is 0 Å². The van der Waals surface area contributed by atoms with Crippen molar-refractivity contribution in [3.63, 3.8) is 0 Å². The predicted octanol–water partition coefficient (Wildman–Crippen LogP) is 2.70. The Hall–Kier alpha value is -0.910. The van der Waals surface area contributed by atoms with Crippen molar-refractivity contribution in [1.82, 2.24) is 10.2 Å². The van der Waals surface area contributed by atoms with Crippen LogP contribution in [0.3, 0.4) is 0 Å². The topological polar surface area (TPSA) is 41.3 Å². The molecule has 1 aliphatic rings. The highest BCUT2D eigenvalue weighted by Gasteiger charge is 2.65. The third-order valence-corrected chi connectivity index (χ3v) is 3.87. The van der Waals surface area contributed by atoms with Crippen molar-refractivity contribution in [2.24, 2.45) is 17.1 Å². The summed E-state index contributed by atoms with van der Waals surface area (Å²) >= 11 is 0. The first-order chi connectivity index (χ1) is 9.23. The van der Waals surface area contributed by atoms with Crippen molar-refractivity contribution in [3.05, 3.63) is 11.9 Å². The van der Waals surface area contributed by atoms with Gasteiger partial charge >= 0.3 is 6.18 Å². The zero-order chi connectivity index (χ0) is 15.4. The van der Waals surface area contributed by atoms with Gasteiger partial charge in [-0.25, -0.2) is 0 Å². The van der Waals surface area contributed by atoms with Gasteiger partial charge < -0.3 is 16.0 Å². The maximum absolute atomic E-state index is 12.9. The maximum atomic E-state index is 12.9. The van der Waals surface area contributed by atoms with Crippen LogP contribution in [0.2, 0.25) is 0 Å². The number of nitrogens with two attached hydrogens (primary N) is 1. The molecule has 1 fully saturated rings. The SMILES string of the molecule is CCNCCC(C)CN(C)/C=C(\N)C1(C(F)(F)F)CC1. The lowest BCUT2D eigenvalue weighted by molar-refractivity contribution is -0.175. The number of allylic oxidation sites excluding steroid dienone is 1. The van der Waals surface area contributed by atoms with Crippen LogP contribution in [0.4, 0.5) is 13.2 Å². The fraction of sp³-hybridized carbons (Fsp3) is 0.857. The Balaban J connectivity index is 2.48. The van der Waals surface area contributed by atoms with Crippen molar-refractivity contribution in [2.45, 2.75) is 39.3 Å². The molecule has 0 heterocycles. The van der Waals surface area contributed by atoms with Gasteiger partial charge in [-0.05, 0) is 38.3 Å². The van der Waals surface area contributed by atoms with Gasteiger partial charge in [0.2, 0.25) is 0 Å². The third-order valence-electron chi connectivity index (χ3n) is 3.87. The van der Waals surface area contributed by atoms with Crippen molar-refractivity contribution in [2.75, 3.05) is 26.7 Å². The normalized spacial score (nSPS) is 19.8. The Kier molecular flexibility index (Phi) is 5.74. The second kappa shape index (κ2) is 6.70. The van der Waals surface area contributed by atoms with Crippen LogP contribution in [0.5, 0.6) is 0 Å². The molecular formula is C14H26F3N3. The summed E-state index contributed by atoms with van der Waals surface area (Å²) < 4.78 is 38.8. The van der Waals surface area contributed by atoms with Crippen LogP contribution < -0.4 is 11.1 Å². The third kappa shape index (κ3) is 4.30. The minimum Gasteiger partial charge on any atom is -0.400 e. The smallest absolute Gasteiger partial charge is 0.399 e. The lowest BCUT2D eigenvalue weighted by Crippen LogP contribution is -2.32. The highest BCUT2D eigenvalue weighted by Crippen LogP contribution is 2.60. The highest BCUT2D eigenvalue weighted by molar-refractivity contribution is 5.21. The first-order valence-electron chi connectivity index (χ1n) is 7.18. The van der Waals surface area contributed by atoms with Crippen LogP contribution in [0.15, 0.2) is 11.9 Å². The van der Waals surface area contributed by atoms with E-state index in [1.807, 2.05) is 6.92 Å². The van der Waals surface area contributed by atoms with Gasteiger partial charge in [0.1, 0.15) is 5.41 Å². The fourth-order valence-electron chi connectivity index (χ4n) is 2.38. The Labute approximate surface area is 119 Å².